The van der Waals surface area contributed by atoms with Gasteiger partial charge >= 0.3 is 0 Å². The molecule has 1 aliphatic rings. The van der Waals surface area contributed by atoms with Crippen molar-refractivity contribution in [1.29, 1.82) is 0 Å². The fourth-order valence-corrected chi connectivity index (χ4v) is 1.94. The third-order valence-corrected chi connectivity index (χ3v) is 3.29. The molecule has 1 N–H and O–H groups in total. The van der Waals surface area contributed by atoms with E-state index in [1.807, 2.05) is 31.2 Å². The Labute approximate surface area is 107 Å². The summed E-state index contributed by atoms with van der Waals surface area (Å²) in [7, 11) is 0. The number of amides is 2. The van der Waals surface area contributed by atoms with Crippen LogP contribution in [0.5, 0.6) is 0 Å². The summed E-state index contributed by atoms with van der Waals surface area (Å²) < 4.78 is 0. The van der Waals surface area contributed by atoms with E-state index in [1.165, 1.54) is 12.5 Å². The molecule has 1 saturated heterocycles. The molecule has 4 nitrogen and oxygen atoms in total. The maximum Gasteiger partial charge on any atom is 0.226 e. The number of nitrogens with one attached hydrogen (secondary N) is 1. The summed E-state index contributed by atoms with van der Waals surface area (Å²) in [5.74, 6) is 0.0324. The van der Waals surface area contributed by atoms with Crippen molar-refractivity contribution in [2.45, 2.75) is 20.4 Å². The molecule has 0 saturated carbocycles. The van der Waals surface area contributed by atoms with Crippen LogP contribution in [0.25, 0.3) is 0 Å². The molecule has 2 rings (SSSR count). The fourth-order valence-electron chi connectivity index (χ4n) is 1.94. The molecule has 4 heteroatoms. The number of likely N-dealkylation sites (tertiary alicyclic amines) is 1. The molecule has 2 amide bonds. The molecular formula is C14H18N2O2. The van der Waals surface area contributed by atoms with Crippen molar-refractivity contribution in [1.82, 2.24) is 10.2 Å². The monoisotopic (exact) mass is 246 g/mol. The zero-order valence-electron chi connectivity index (χ0n) is 10.8. The maximum atomic E-state index is 11.8. The Balaban J connectivity index is 1.76. The number of rotatable bonds is 3. The van der Waals surface area contributed by atoms with Crippen LogP contribution in [0.15, 0.2) is 24.3 Å². The second-order valence-corrected chi connectivity index (χ2v) is 4.82. The van der Waals surface area contributed by atoms with Crippen molar-refractivity contribution >= 4 is 11.8 Å². The van der Waals surface area contributed by atoms with Crippen molar-refractivity contribution in [3.63, 3.8) is 0 Å². The van der Waals surface area contributed by atoms with Gasteiger partial charge in [0.25, 0.3) is 0 Å². The third kappa shape index (κ3) is 2.88. The Kier molecular flexibility index (Phi) is 3.65. The lowest BCUT2D eigenvalue weighted by molar-refractivity contribution is -0.141. The van der Waals surface area contributed by atoms with Gasteiger partial charge in [0.2, 0.25) is 11.8 Å². The molecule has 18 heavy (non-hydrogen) atoms. The molecule has 1 aromatic carbocycles. The Morgan fingerprint density at radius 2 is 1.89 bits per heavy atom. The quantitative estimate of drug-likeness (QED) is 0.868. The van der Waals surface area contributed by atoms with E-state index in [4.69, 9.17) is 0 Å². The highest BCUT2D eigenvalue weighted by Crippen LogP contribution is 2.15. The van der Waals surface area contributed by atoms with Gasteiger partial charge in [0.15, 0.2) is 0 Å². The van der Waals surface area contributed by atoms with Crippen LogP contribution in [-0.2, 0) is 16.1 Å². The van der Waals surface area contributed by atoms with E-state index in [-0.39, 0.29) is 17.7 Å². The number of hydrogen-bond donors (Lipinski definition) is 1. The number of nitrogens with zero attached hydrogens (tertiary/aromatic N) is 1. The van der Waals surface area contributed by atoms with Gasteiger partial charge in [0.05, 0.1) is 5.92 Å². The molecule has 1 heterocycles. The van der Waals surface area contributed by atoms with E-state index in [1.54, 1.807) is 4.90 Å². The highest BCUT2D eigenvalue weighted by atomic mass is 16.2. The Hall–Kier alpha value is -1.84. The van der Waals surface area contributed by atoms with E-state index in [0.29, 0.717) is 19.6 Å². The van der Waals surface area contributed by atoms with Crippen molar-refractivity contribution in [3.05, 3.63) is 35.4 Å². The average molecular weight is 246 g/mol. The molecule has 0 atom stereocenters. The standard InChI is InChI=1S/C14H18N2O2/c1-10-3-5-12(6-4-10)7-15-14(18)13-8-16(9-13)11(2)17/h3-6,13H,7-9H2,1-2H3,(H,15,18). The largest absolute Gasteiger partial charge is 0.352 e. The maximum absolute atomic E-state index is 11.8. The lowest BCUT2D eigenvalue weighted by Gasteiger charge is -2.37. The zero-order chi connectivity index (χ0) is 13.1. The molecule has 96 valence electrons. The number of benzene rings is 1. The van der Waals surface area contributed by atoms with E-state index >= 15 is 0 Å². The summed E-state index contributed by atoms with van der Waals surface area (Å²) in [5.41, 5.74) is 2.30. The van der Waals surface area contributed by atoms with Gasteiger partial charge in [-0.1, -0.05) is 29.8 Å². The first kappa shape index (κ1) is 12.6. The molecule has 1 aliphatic heterocycles. The minimum atomic E-state index is -0.0423. The van der Waals surface area contributed by atoms with Gasteiger partial charge < -0.3 is 10.2 Å². The van der Waals surface area contributed by atoms with E-state index in [0.717, 1.165) is 5.56 Å². The highest BCUT2D eigenvalue weighted by molar-refractivity contribution is 5.83. The first-order chi connectivity index (χ1) is 8.56. The lowest BCUT2D eigenvalue weighted by Crippen LogP contribution is -2.55. The molecule has 0 unspecified atom stereocenters. The summed E-state index contributed by atoms with van der Waals surface area (Å²) in [4.78, 5) is 24.5. The first-order valence-corrected chi connectivity index (χ1v) is 6.15. The van der Waals surface area contributed by atoms with Crippen LogP contribution in [-0.4, -0.2) is 29.8 Å². The van der Waals surface area contributed by atoms with Crippen molar-refractivity contribution < 1.29 is 9.59 Å². The van der Waals surface area contributed by atoms with Crippen LogP contribution >= 0.6 is 0 Å². The number of carbonyl (C=O) groups is 2. The minimum absolute atomic E-state index is 0.0353. The second kappa shape index (κ2) is 5.21. The van der Waals surface area contributed by atoms with Gasteiger partial charge in [-0.25, -0.2) is 0 Å². The highest BCUT2D eigenvalue weighted by Gasteiger charge is 2.33. The Morgan fingerprint density at radius 3 is 2.44 bits per heavy atom. The predicted octanol–water partition coefficient (Wildman–Crippen LogP) is 1.09. The molecule has 1 fully saturated rings. The van der Waals surface area contributed by atoms with E-state index in [9.17, 15) is 9.59 Å². The smallest absolute Gasteiger partial charge is 0.226 e. The van der Waals surface area contributed by atoms with Gasteiger partial charge in [-0.2, -0.15) is 0 Å². The molecule has 0 radical (unpaired) electrons. The number of hydrogen-bond acceptors (Lipinski definition) is 2. The number of aryl methyl sites for hydroxylation is 1. The van der Waals surface area contributed by atoms with Crippen molar-refractivity contribution in [2.24, 2.45) is 5.92 Å². The summed E-state index contributed by atoms with van der Waals surface area (Å²) in [6, 6.07) is 8.08. The van der Waals surface area contributed by atoms with Crippen LogP contribution in [0.4, 0.5) is 0 Å². The van der Waals surface area contributed by atoms with Gasteiger partial charge in [-0.3, -0.25) is 9.59 Å². The van der Waals surface area contributed by atoms with Crippen LogP contribution in [0.1, 0.15) is 18.1 Å². The summed E-state index contributed by atoms with van der Waals surface area (Å²) >= 11 is 0. The van der Waals surface area contributed by atoms with E-state index < -0.39 is 0 Å². The van der Waals surface area contributed by atoms with Crippen molar-refractivity contribution in [2.75, 3.05) is 13.1 Å². The van der Waals surface area contributed by atoms with Crippen LogP contribution < -0.4 is 5.32 Å². The lowest BCUT2D eigenvalue weighted by atomic mass is 9.99. The summed E-state index contributed by atoms with van der Waals surface area (Å²) in [6.07, 6.45) is 0. The molecular weight excluding hydrogens is 228 g/mol. The molecule has 1 aromatic rings. The van der Waals surface area contributed by atoms with Crippen LogP contribution in [0, 0.1) is 12.8 Å². The first-order valence-electron chi connectivity index (χ1n) is 6.15. The molecule has 0 aliphatic carbocycles. The Bertz CT molecular complexity index is 447. The van der Waals surface area contributed by atoms with Crippen molar-refractivity contribution in [3.8, 4) is 0 Å². The van der Waals surface area contributed by atoms with Crippen LogP contribution in [0.2, 0.25) is 0 Å². The molecule has 0 bridgehead atoms. The minimum Gasteiger partial charge on any atom is -0.352 e. The second-order valence-electron chi connectivity index (χ2n) is 4.82. The SMILES string of the molecule is CC(=O)N1CC(C(=O)NCc2ccc(C)cc2)C1. The van der Waals surface area contributed by atoms with Gasteiger partial charge in [0, 0.05) is 26.6 Å². The molecule has 0 aromatic heterocycles. The molecule has 0 spiro atoms. The van der Waals surface area contributed by atoms with Gasteiger partial charge in [0.1, 0.15) is 0 Å². The van der Waals surface area contributed by atoms with Gasteiger partial charge in [-0.05, 0) is 12.5 Å². The topological polar surface area (TPSA) is 49.4 Å². The van der Waals surface area contributed by atoms with Crippen LogP contribution in [0.3, 0.4) is 0 Å². The zero-order valence-corrected chi connectivity index (χ0v) is 10.8. The number of carbonyl (C=O) groups excluding carboxylic acids is 2. The van der Waals surface area contributed by atoms with E-state index in [2.05, 4.69) is 5.32 Å². The predicted molar refractivity (Wildman–Crippen MR) is 68.8 cm³/mol. The van der Waals surface area contributed by atoms with Gasteiger partial charge in [-0.15, -0.1) is 0 Å². The average Bonchev–Trinajstić information content (AvgIpc) is 2.25. The summed E-state index contributed by atoms with van der Waals surface area (Å²) in [6.45, 7) is 5.22. The summed E-state index contributed by atoms with van der Waals surface area (Å²) in [5, 5.41) is 2.90. The Morgan fingerprint density at radius 1 is 1.28 bits per heavy atom. The third-order valence-electron chi connectivity index (χ3n) is 3.29. The normalized spacial score (nSPS) is 15.1. The fraction of sp³-hybridized carbons (Fsp3) is 0.429.